The third-order valence-corrected chi connectivity index (χ3v) is 10.9. The fraction of sp³-hybridized carbons (Fsp3) is 1.00. The Morgan fingerprint density at radius 1 is 0.900 bits per heavy atom. The van der Waals surface area contributed by atoms with E-state index in [0.717, 1.165) is 39.3 Å². The van der Waals surface area contributed by atoms with Gasteiger partial charge < -0.3 is 10.2 Å². The number of hydrogen-bond acceptors (Lipinski definition) is 5. The van der Waals surface area contributed by atoms with Crippen LogP contribution < -0.4 is 0 Å². The van der Waals surface area contributed by atoms with Crippen molar-refractivity contribution in [2.75, 3.05) is 39.9 Å². The highest BCUT2D eigenvalue weighted by atomic mass is 16.3. The first-order valence-corrected chi connectivity index (χ1v) is 12.3. The average Bonchev–Trinajstić information content (AvgIpc) is 2.63. The van der Waals surface area contributed by atoms with Gasteiger partial charge in [0.05, 0.1) is 24.4 Å². The van der Waals surface area contributed by atoms with E-state index >= 15 is 0 Å². The highest BCUT2D eigenvalue weighted by molar-refractivity contribution is 5.19. The van der Waals surface area contributed by atoms with E-state index in [1.54, 1.807) is 0 Å². The second-order valence-corrected chi connectivity index (χ2v) is 12.8. The normalized spacial score (nSPS) is 51.4. The molecule has 8 atom stereocenters. The SMILES string of the molecule is CCN1CN(C)CC2(C)C(O)C3CN4CC(CCC3C(O)C12C)CC(C)(C)C4(C)C. The number of aliphatic hydroxyl groups excluding tert-OH is 2. The first-order chi connectivity index (χ1) is 13.8. The molecule has 2 N–H and O–H groups in total. The zero-order valence-corrected chi connectivity index (χ0v) is 20.8. The second kappa shape index (κ2) is 7.15. The summed E-state index contributed by atoms with van der Waals surface area (Å²) in [6.07, 6.45) is 2.65. The predicted octanol–water partition coefficient (Wildman–Crippen LogP) is 2.86. The summed E-state index contributed by atoms with van der Waals surface area (Å²) in [5, 5.41) is 23.9. The molecule has 8 unspecified atom stereocenters. The number of rotatable bonds is 1. The molecular formula is C25H47N3O2. The molecule has 4 aliphatic rings. The fourth-order valence-electron chi connectivity index (χ4n) is 8.06. The summed E-state index contributed by atoms with van der Waals surface area (Å²) in [5.41, 5.74) is -0.405. The fourth-order valence-corrected chi connectivity index (χ4v) is 8.06. The summed E-state index contributed by atoms with van der Waals surface area (Å²) in [5.74, 6) is 0.981. The van der Waals surface area contributed by atoms with Gasteiger partial charge in [0.1, 0.15) is 0 Å². The monoisotopic (exact) mass is 421 g/mol. The Labute approximate surface area is 184 Å². The first kappa shape index (κ1) is 23.0. The van der Waals surface area contributed by atoms with Gasteiger partial charge in [-0.1, -0.05) is 27.7 Å². The van der Waals surface area contributed by atoms with E-state index in [-0.39, 0.29) is 28.2 Å². The van der Waals surface area contributed by atoms with E-state index in [1.165, 1.54) is 12.8 Å². The molecule has 2 bridgehead atoms. The van der Waals surface area contributed by atoms with Gasteiger partial charge in [-0.25, -0.2) is 0 Å². The van der Waals surface area contributed by atoms with Crippen molar-refractivity contribution in [1.82, 2.24) is 14.7 Å². The summed E-state index contributed by atoms with van der Waals surface area (Å²) >= 11 is 0. The number of piperidine rings is 1. The molecule has 0 amide bonds. The molecule has 0 aromatic carbocycles. The van der Waals surface area contributed by atoms with Crippen molar-refractivity contribution in [3.05, 3.63) is 0 Å². The number of fused-ring (bicyclic) bond motifs is 4. The van der Waals surface area contributed by atoms with Gasteiger partial charge in [-0.05, 0) is 70.9 Å². The van der Waals surface area contributed by atoms with Crippen LogP contribution in [0.4, 0.5) is 0 Å². The number of nitrogens with zero attached hydrogens (tertiary/aromatic N) is 3. The maximum absolute atomic E-state index is 12.0. The largest absolute Gasteiger partial charge is 0.392 e. The van der Waals surface area contributed by atoms with Gasteiger partial charge in [0.2, 0.25) is 0 Å². The lowest BCUT2D eigenvalue weighted by atomic mass is 9.50. The lowest BCUT2D eigenvalue weighted by Gasteiger charge is -2.69. The summed E-state index contributed by atoms with van der Waals surface area (Å²) in [6.45, 7) is 20.9. The second-order valence-electron chi connectivity index (χ2n) is 12.8. The number of aliphatic hydroxyl groups is 2. The van der Waals surface area contributed by atoms with Crippen LogP contribution >= 0.6 is 0 Å². The van der Waals surface area contributed by atoms with Crippen molar-refractivity contribution in [3.8, 4) is 0 Å². The van der Waals surface area contributed by atoms with Crippen molar-refractivity contribution in [1.29, 1.82) is 0 Å². The van der Waals surface area contributed by atoms with Gasteiger partial charge in [0.25, 0.3) is 0 Å². The molecule has 5 nitrogen and oxygen atoms in total. The van der Waals surface area contributed by atoms with Crippen LogP contribution in [0.5, 0.6) is 0 Å². The van der Waals surface area contributed by atoms with Gasteiger partial charge in [0.15, 0.2) is 0 Å². The van der Waals surface area contributed by atoms with Gasteiger partial charge >= 0.3 is 0 Å². The average molecular weight is 422 g/mol. The molecule has 1 saturated carbocycles. The maximum Gasteiger partial charge on any atom is 0.0760 e. The van der Waals surface area contributed by atoms with Gasteiger partial charge in [-0.3, -0.25) is 14.7 Å². The van der Waals surface area contributed by atoms with Crippen molar-refractivity contribution in [2.24, 2.45) is 28.6 Å². The maximum atomic E-state index is 12.0. The Balaban J connectivity index is 1.75. The predicted molar refractivity (Wildman–Crippen MR) is 122 cm³/mol. The zero-order chi connectivity index (χ0) is 22.3. The van der Waals surface area contributed by atoms with Gasteiger partial charge in [-0.15, -0.1) is 0 Å². The van der Waals surface area contributed by atoms with Crippen LogP contribution in [-0.4, -0.2) is 88.1 Å². The molecule has 30 heavy (non-hydrogen) atoms. The molecule has 3 saturated heterocycles. The third-order valence-electron chi connectivity index (χ3n) is 10.9. The van der Waals surface area contributed by atoms with Crippen LogP contribution in [0, 0.1) is 28.6 Å². The molecule has 3 aliphatic heterocycles. The quantitative estimate of drug-likeness (QED) is 0.682. The molecule has 0 aromatic rings. The van der Waals surface area contributed by atoms with E-state index in [1.807, 2.05) is 0 Å². The minimum atomic E-state index is -0.412. The van der Waals surface area contributed by atoms with E-state index < -0.39 is 17.7 Å². The summed E-state index contributed by atoms with van der Waals surface area (Å²) < 4.78 is 0. The van der Waals surface area contributed by atoms with Crippen molar-refractivity contribution in [3.63, 3.8) is 0 Å². The summed E-state index contributed by atoms with van der Waals surface area (Å²) in [7, 11) is 2.15. The highest BCUT2D eigenvalue weighted by Gasteiger charge is 2.67. The molecule has 0 aromatic heterocycles. The molecular weight excluding hydrogens is 374 g/mol. The molecule has 5 heteroatoms. The topological polar surface area (TPSA) is 50.2 Å². The van der Waals surface area contributed by atoms with Crippen LogP contribution in [0.3, 0.4) is 0 Å². The van der Waals surface area contributed by atoms with Crippen LogP contribution in [0.25, 0.3) is 0 Å². The first-order valence-electron chi connectivity index (χ1n) is 12.3. The highest BCUT2D eigenvalue weighted by Crippen LogP contribution is 2.57. The van der Waals surface area contributed by atoms with Crippen LogP contribution in [0.2, 0.25) is 0 Å². The molecule has 174 valence electrons. The summed E-state index contributed by atoms with van der Waals surface area (Å²) in [4.78, 5) is 7.42. The van der Waals surface area contributed by atoms with Crippen molar-refractivity contribution >= 4 is 0 Å². The minimum absolute atomic E-state index is 0.0938. The molecule has 0 spiro atoms. The zero-order valence-electron chi connectivity index (χ0n) is 20.8. The van der Waals surface area contributed by atoms with E-state index in [0.29, 0.717) is 5.92 Å². The van der Waals surface area contributed by atoms with Gasteiger partial charge in [0, 0.05) is 36.5 Å². The van der Waals surface area contributed by atoms with Crippen LogP contribution in [0.1, 0.15) is 67.7 Å². The van der Waals surface area contributed by atoms with Crippen LogP contribution in [-0.2, 0) is 0 Å². The molecule has 4 rings (SSSR count). The molecule has 0 radical (unpaired) electrons. The van der Waals surface area contributed by atoms with Crippen LogP contribution in [0.15, 0.2) is 0 Å². The van der Waals surface area contributed by atoms with E-state index in [9.17, 15) is 10.2 Å². The summed E-state index contributed by atoms with van der Waals surface area (Å²) in [6, 6.07) is 0. The van der Waals surface area contributed by atoms with Crippen molar-refractivity contribution < 1.29 is 10.2 Å². The van der Waals surface area contributed by atoms with E-state index in [2.05, 4.69) is 70.2 Å². The molecule has 4 fully saturated rings. The Hall–Kier alpha value is -0.200. The lowest BCUT2D eigenvalue weighted by molar-refractivity contribution is -0.262. The lowest BCUT2D eigenvalue weighted by Crippen LogP contribution is -2.80. The standard InChI is InChI=1S/C25H47N3O2/c1-9-27-16-26(8)15-24(6)20(29)19-14-28-13-17(12-22(2,3)23(28,4)5)10-11-18(19)21(30)25(24,27)7/h17-21,29-30H,9-16H2,1-8H3. The van der Waals surface area contributed by atoms with Gasteiger partial charge in [-0.2, -0.15) is 0 Å². The number of likely N-dealkylation sites (N-methyl/N-ethyl adjacent to an activating group) is 1. The number of hydrogen-bond donors (Lipinski definition) is 2. The smallest absolute Gasteiger partial charge is 0.0760 e. The Kier molecular flexibility index (Phi) is 5.47. The Bertz CT molecular complexity index is 665. The Morgan fingerprint density at radius 2 is 1.57 bits per heavy atom. The molecule has 3 heterocycles. The molecule has 1 aliphatic carbocycles. The third kappa shape index (κ3) is 2.91. The van der Waals surface area contributed by atoms with E-state index in [4.69, 9.17) is 0 Å². The minimum Gasteiger partial charge on any atom is -0.392 e. The Morgan fingerprint density at radius 3 is 2.20 bits per heavy atom. The van der Waals surface area contributed by atoms with Crippen molar-refractivity contribution in [2.45, 2.75) is 91.0 Å².